The Morgan fingerprint density at radius 3 is 2.50 bits per heavy atom. The van der Waals surface area contributed by atoms with Crippen molar-refractivity contribution in [3.63, 3.8) is 0 Å². The van der Waals surface area contributed by atoms with Gasteiger partial charge in [-0.05, 0) is 80.7 Å². The van der Waals surface area contributed by atoms with Crippen molar-refractivity contribution in [2.45, 2.75) is 37.1 Å². The number of sulfonamides is 1. The zero-order valence-electron chi connectivity index (χ0n) is 17.8. The van der Waals surface area contributed by atoms with Crippen LogP contribution in [0.15, 0.2) is 47.4 Å². The first-order valence-corrected chi connectivity index (χ1v) is 12.3. The SMILES string of the molecule is CCOc1ccc(S(=O)(=O)NC[C@@H](c2ccc3c(c2)CCN3C)N2CCCC2)cc1. The zero-order chi connectivity index (χ0) is 21.1. The summed E-state index contributed by atoms with van der Waals surface area (Å²) >= 11 is 0. The van der Waals surface area contributed by atoms with Crippen LogP contribution in [0.25, 0.3) is 0 Å². The third-order valence-corrected chi connectivity index (χ3v) is 7.55. The Morgan fingerprint density at radius 2 is 1.80 bits per heavy atom. The predicted octanol–water partition coefficient (Wildman–Crippen LogP) is 3.19. The van der Waals surface area contributed by atoms with E-state index in [0.29, 0.717) is 18.9 Å². The lowest BCUT2D eigenvalue weighted by Gasteiger charge is -2.29. The Morgan fingerprint density at radius 1 is 1.07 bits per heavy atom. The quantitative estimate of drug-likeness (QED) is 0.698. The number of benzene rings is 2. The normalized spacial score (nSPS) is 17.9. The smallest absolute Gasteiger partial charge is 0.240 e. The average Bonchev–Trinajstić information content (AvgIpc) is 3.39. The molecule has 4 rings (SSSR count). The number of hydrogen-bond acceptors (Lipinski definition) is 5. The van der Waals surface area contributed by atoms with Crippen LogP contribution in [-0.2, 0) is 16.4 Å². The molecule has 0 unspecified atom stereocenters. The van der Waals surface area contributed by atoms with Gasteiger partial charge in [-0.2, -0.15) is 0 Å². The maximum absolute atomic E-state index is 12.9. The van der Waals surface area contributed by atoms with E-state index in [0.717, 1.165) is 38.9 Å². The van der Waals surface area contributed by atoms with E-state index in [1.54, 1.807) is 24.3 Å². The van der Waals surface area contributed by atoms with Gasteiger partial charge >= 0.3 is 0 Å². The van der Waals surface area contributed by atoms with Crippen molar-refractivity contribution in [3.05, 3.63) is 53.6 Å². The van der Waals surface area contributed by atoms with E-state index in [4.69, 9.17) is 4.74 Å². The maximum atomic E-state index is 12.9. The van der Waals surface area contributed by atoms with E-state index in [1.165, 1.54) is 16.8 Å². The van der Waals surface area contributed by atoms with E-state index in [-0.39, 0.29) is 10.9 Å². The lowest BCUT2D eigenvalue weighted by atomic mass is 10.0. The Kier molecular flexibility index (Phi) is 6.32. The van der Waals surface area contributed by atoms with E-state index in [2.05, 4.69) is 39.8 Å². The van der Waals surface area contributed by atoms with Crippen molar-refractivity contribution >= 4 is 15.7 Å². The lowest BCUT2D eigenvalue weighted by Crippen LogP contribution is -2.36. The van der Waals surface area contributed by atoms with Crippen molar-refractivity contribution in [2.24, 2.45) is 0 Å². The zero-order valence-corrected chi connectivity index (χ0v) is 18.6. The number of nitrogens with one attached hydrogen (secondary N) is 1. The standard InChI is InChI=1S/C23H31N3O3S/c1-3-29-20-7-9-21(10-8-20)30(27,28)24-17-23(26-13-4-5-14-26)18-6-11-22-19(16-18)12-15-25(22)2/h6-11,16,23-24H,3-5,12-15,17H2,1-2H3/t23-/m0/s1. The minimum absolute atomic E-state index is 0.0428. The van der Waals surface area contributed by atoms with E-state index in [1.807, 2.05) is 6.92 Å². The fraction of sp³-hybridized carbons (Fsp3) is 0.478. The molecule has 0 radical (unpaired) electrons. The molecule has 1 saturated heterocycles. The second kappa shape index (κ2) is 8.96. The molecule has 2 heterocycles. The van der Waals surface area contributed by atoms with Gasteiger partial charge in [-0.1, -0.05) is 12.1 Å². The molecular formula is C23H31N3O3S. The number of anilines is 1. The molecule has 0 bridgehead atoms. The van der Waals surface area contributed by atoms with Gasteiger partial charge in [0.1, 0.15) is 5.75 Å². The summed E-state index contributed by atoms with van der Waals surface area (Å²) in [6, 6.07) is 13.3. The van der Waals surface area contributed by atoms with Gasteiger partial charge in [0.05, 0.1) is 11.5 Å². The second-order valence-corrected chi connectivity index (χ2v) is 9.84. The molecule has 30 heavy (non-hydrogen) atoms. The topological polar surface area (TPSA) is 61.9 Å². The highest BCUT2D eigenvalue weighted by Gasteiger charge is 2.27. The fourth-order valence-corrected chi connectivity index (χ4v) is 5.50. The Bertz CT molecular complexity index is 970. The molecule has 0 spiro atoms. The molecule has 6 nitrogen and oxygen atoms in total. The summed E-state index contributed by atoms with van der Waals surface area (Å²) in [5, 5.41) is 0. The number of likely N-dealkylation sites (N-methyl/N-ethyl adjacent to an activating group) is 1. The Labute approximate surface area is 179 Å². The molecule has 1 N–H and O–H groups in total. The molecule has 0 amide bonds. The van der Waals surface area contributed by atoms with Crippen LogP contribution in [0.1, 0.15) is 36.9 Å². The molecule has 0 saturated carbocycles. The first kappa shape index (κ1) is 21.2. The summed E-state index contributed by atoms with van der Waals surface area (Å²) in [6.45, 7) is 5.88. The summed E-state index contributed by atoms with van der Waals surface area (Å²) < 4.78 is 34.1. The third kappa shape index (κ3) is 4.48. The van der Waals surface area contributed by atoms with Gasteiger partial charge in [-0.25, -0.2) is 13.1 Å². The van der Waals surface area contributed by atoms with Crippen molar-refractivity contribution in [2.75, 3.05) is 44.7 Å². The highest BCUT2D eigenvalue weighted by molar-refractivity contribution is 7.89. The molecule has 2 aromatic rings. The summed E-state index contributed by atoms with van der Waals surface area (Å²) in [6.07, 6.45) is 3.37. The molecule has 1 fully saturated rings. The number of ether oxygens (including phenoxy) is 1. The van der Waals surface area contributed by atoms with Crippen LogP contribution >= 0.6 is 0 Å². The summed E-state index contributed by atoms with van der Waals surface area (Å²) in [5.74, 6) is 0.675. The summed E-state index contributed by atoms with van der Waals surface area (Å²) in [4.78, 5) is 4.95. The first-order chi connectivity index (χ1) is 14.5. The third-order valence-electron chi connectivity index (χ3n) is 6.11. The van der Waals surface area contributed by atoms with Crippen LogP contribution < -0.4 is 14.4 Å². The highest BCUT2D eigenvalue weighted by atomic mass is 32.2. The molecular weight excluding hydrogens is 398 g/mol. The molecule has 162 valence electrons. The van der Waals surface area contributed by atoms with Gasteiger partial charge in [0, 0.05) is 31.9 Å². The van der Waals surface area contributed by atoms with Gasteiger partial charge < -0.3 is 9.64 Å². The number of likely N-dealkylation sites (tertiary alicyclic amines) is 1. The number of hydrogen-bond donors (Lipinski definition) is 1. The van der Waals surface area contributed by atoms with Crippen LogP contribution in [0.5, 0.6) is 5.75 Å². The lowest BCUT2D eigenvalue weighted by molar-refractivity contribution is 0.246. The molecule has 2 aliphatic heterocycles. The van der Waals surface area contributed by atoms with Crippen LogP contribution in [0.2, 0.25) is 0 Å². The van der Waals surface area contributed by atoms with E-state index in [9.17, 15) is 8.42 Å². The minimum Gasteiger partial charge on any atom is -0.494 e. The molecule has 2 aromatic carbocycles. The molecule has 1 atom stereocenters. The van der Waals surface area contributed by atoms with Gasteiger partial charge in [0.15, 0.2) is 0 Å². The van der Waals surface area contributed by atoms with Crippen molar-refractivity contribution < 1.29 is 13.2 Å². The second-order valence-electron chi connectivity index (χ2n) is 8.07. The predicted molar refractivity (Wildman–Crippen MR) is 120 cm³/mol. The van der Waals surface area contributed by atoms with Crippen LogP contribution in [0.4, 0.5) is 5.69 Å². The van der Waals surface area contributed by atoms with Gasteiger partial charge in [0.2, 0.25) is 10.0 Å². The Balaban J connectivity index is 1.52. The van der Waals surface area contributed by atoms with E-state index < -0.39 is 10.0 Å². The van der Waals surface area contributed by atoms with Crippen LogP contribution in [0.3, 0.4) is 0 Å². The highest BCUT2D eigenvalue weighted by Crippen LogP contribution is 2.32. The van der Waals surface area contributed by atoms with Gasteiger partial charge in [-0.15, -0.1) is 0 Å². The monoisotopic (exact) mass is 429 g/mol. The van der Waals surface area contributed by atoms with Crippen molar-refractivity contribution in [1.82, 2.24) is 9.62 Å². The largest absolute Gasteiger partial charge is 0.494 e. The van der Waals surface area contributed by atoms with Crippen molar-refractivity contribution in [1.29, 1.82) is 0 Å². The molecule has 7 heteroatoms. The van der Waals surface area contributed by atoms with E-state index >= 15 is 0 Å². The number of nitrogens with zero attached hydrogens (tertiary/aromatic N) is 2. The average molecular weight is 430 g/mol. The summed E-state index contributed by atoms with van der Waals surface area (Å²) in [7, 11) is -1.47. The molecule has 2 aliphatic rings. The van der Waals surface area contributed by atoms with Gasteiger partial charge in [-0.3, -0.25) is 4.90 Å². The number of fused-ring (bicyclic) bond motifs is 1. The van der Waals surface area contributed by atoms with Crippen LogP contribution in [-0.4, -0.2) is 53.2 Å². The summed E-state index contributed by atoms with van der Waals surface area (Å²) in [5.41, 5.74) is 3.84. The number of rotatable bonds is 8. The maximum Gasteiger partial charge on any atom is 0.240 e. The minimum atomic E-state index is -3.59. The molecule has 0 aliphatic carbocycles. The van der Waals surface area contributed by atoms with Crippen molar-refractivity contribution in [3.8, 4) is 5.75 Å². The Hall–Kier alpha value is -2.09. The molecule has 0 aromatic heterocycles. The fourth-order valence-electron chi connectivity index (χ4n) is 4.46. The first-order valence-electron chi connectivity index (χ1n) is 10.8. The van der Waals surface area contributed by atoms with Crippen LogP contribution in [0, 0.1) is 0 Å². The van der Waals surface area contributed by atoms with Gasteiger partial charge in [0.25, 0.3) is 0 Å².